The summed E-state index contributed by atoms with van der Waals surface area (Å²) in [5, 5.41) is 3.92. The zero-order valence-electron chi connectivity index (χ0n) is 12.0. The third-order valence-corrected chi connectivity index (χ3v) is 3.54. The second kappa shape index (κ2) is 7.64. The first kappa shape index (κ1) is 15.3. The monoisotopic (exact) mass is 303 g/mol. The molecule has 0 aliphatic heterocycles. The van der Waals surface area contributed by atoms with E-state index in [-0.39, 0.29) is 11.7 Å². The number of rotatable bonds is 6. The summed E-state index contributed by atoms with van der Waals surface area (Å²) in [6, 6.07) is 11.6. The number of carbonyl (C=O) groups is 1. The molecule has 2 rings (SSSR count). The van der Waals surface area contributed by atoms with Crippen LogP contribution in [0.15, 0.2) is 41.4 Å². The van der Waals surface area contributed by atoms with Crippen LogP contribution in [0.3, 0.4) is 0 Å². The lowest BCUT2D eigenvalue weighted by Crippen LogP contribution is -2.05. The van der Waals surface area contributed by atoms with Crippen LogP contribution in [-0.2, 0) is 9.53 Å². The topological polar surface area (TPSA) is 64.1 Å². The molecule has 2 aromatic rings. The fourth-order valence-electron chi connectivity index (χ4n) is 1.68. The van der Waals surface area contributed by atoms with Crippen molar-refractivity contribution in [1.29, 1.82) is 0 Å². The van der Waals surface area contributed by atoms with Gasteiger partial charge in [0, 0.05) is 18.2 Å². The van der Waals surface area contributed by atoms with Gasteiger partial charge < -0.3 is 10.1 Å². The highest BCUT2D eigenvalue weighted by Crippen LogP contribution is 2.23. The molecule has 0 spiro atoms. The number of nitrogens with zero attached hydrogens (tertiary/aromatic N) is 2. The van der Waals surface area contributed by atoms with E-state index in [1.807, 2.05) is 43.3 Å². The van der Waals surface area contributed by atoms with Crippen LogP contribution >= 0.6 is 11.8 Å². The van der Waals surface area contributed by atoms with Crippen LogP contribution < -0.4 is 5.32 Å². The first-order chi connectivity index (χ1) is 10.2. The number of aromatic nitrogens is 2. The minimum Gasteiger partial charge on any atom is -0.468 e. The van der Waals surface area contributed by atoms with E-state index in [0.29, 0.717) is 5.82 Å². The molecular weight excluding hydrogens is 286 g/mol. The van der Waals surface area contributed by atoms with E-state index in [2.05, 4.69) is 20.0 Å². The summed E-state index contributed by atoms with van der Waals surface area (Å²) in [6.45, 7) is 2.78. The Kier molecular flexibility index (Phi) is 5.57. The van der Waals surface area contributed by atoms with Gasteiger partial charge in [-0.3, -0.25) is 4.79 Å². The summed E-state index contributed by atoms with van der Waals surface area (Å²) >= 11 is 1.34. The third-order valence-electron chi connectivity index (χ3n) is 2.66. The van der Waals surface area contributed by atoms with Crippen molar-refractivity contribution in [2.24, 2.45) is 0 Å². The molecule has 21 heavy (non-hydrogen) atoms. The van der Waals surface area contributed by atoms with E-state index < -0.39 is 0 Å². The number of thioether (sulfide) groups is 1. The number of hydrogen-bond donors (Lipinski definition) is 1. The maximum atomic E-state index is 11.2. The van der Waals surface area contributed by atoms with Gasteiger partial charge in [-0.1, -0.05) is 42.1 Å². The van der Waals surface area contributed by atoms with E-state index in [1.54, 1.807) is 0 Å². The van der Waals surface area contributed by atoms with Crippen LogP contribution in [0.2, 0.25) is 0 Å². The average Bonchev–Trinajstić information content (AvgIpc) is 2.53. The van der Waals surface area contributed by atoms with Crippen LogP contribution in [0.5, 0.6) is 0 Å². The molecule has 1 aromatic heterocycles. The number of benzene rings is 1. The molecule has 110 valence electrons. The predicted octanol–water partition coefficient (Wildman–Crippen LogP) is 2.84. The molecule has 1 N–H and O–H groups in total. The van der Waals surface area contributed by atoms with Crippen molar-refractivity contribution in [3.63, 3.8) is 0 Å². The lowest BCUT2D eigenvalue weighted by atomic mass is 10.2. The molecule has 0 amide bonds. The molecule has 0 aliphatic rings. The number of ether oxygens (including phenoxy) is 1. The Bertz CT molecular complexity index is 605. The van der Waals surface area contributed by atoms with Crippen LogP contribution in [0.1, 0.15) is 6.92 Å². The minimum absolute atomic E-state index is 0.229. The fourth-order valence-corrected chi connectivity index (χ4v) is 2.41. The highest BCUT2D eigenvalue weighted by atomic mass is 32.2. The first-order valence-electron chi connectivity index (χ1n) is 6.61. The molecule has 0 aliphatic carbocycles. The quantitative estimate of drug-likeness (QED) is 0.503. The number of hydrogen-bond acceptors (Lipinski definition) is 6. The second-order valence-corrected chi connectivity index (χ2v) is 5.17. The Balaban J connectivity index is 2.28. The molecule has 0 bridgehead atoms. The molecule has 0 saturated carbocycles. The van der Waals surface area contributed by atoms with Gasteiger partial charge in [0.25, 0.3) is 0 Å². The Morgan fingerprint density at radius 2 is 2.05 bits per heavy atom. The summed E-state index contributed by atoms with van der Waals surface area (Å²) in [6.07, 6.45) is 0. The molecule has 0 atom stereocenters. The van der Waals surface area contributed by atoms with Gasteiger partial charge in [-0.25, -0.2) is 9.97 Å². The maximum absolute atomic E-state index is 11.2. The van der Waals surface area contributed by atoms with Gasteiger partial charge in [-0.05, 0) is 6.92 Å². The molecule has 6 heteroatoms. The highest BCUT2D eigenvalue weighted by molar-refractivity contribution is 7.99. The summed E-state index contributed by atoms with van der Waals surface area (Å²) in [5.41, 5.74) is 0.942. The van der Waals surface area contributed by atoms with Crippen molar-refractivity contribution >= 4 is 23.5 Å². The number of anilines is 1. The molecule has 0 unspecified atom stereocenters. The Labute approximate surface area is 128 Å². The van der Waals surface area contributed by atoms with Gasteiger partial charge in [0.05, 0.1) is 12.9 Å². The molecule has 0 saturated heterocycles. The second-order valence-electron chi connectivity index (χ2n) is 4.18. The van der Waals surface area contributed by atoms with E-state index in [9.17, 15) is 4.79 Å². The van der Waals surface area contributed by atoms with Gasteiger partial charge in [-0.2, -0.15) is 0 Å². The summed E-state index contributed by atoms with van der Waals surface area (Å²) < 4.78 is 4.65. The van der Waals surface area contributed by atoms with E-state index >= 15 is 0 Å². The van der Waals surface area contributed by atoms with Crippen LogP contribution in [0.25, 0.3) is 11.4 Å². The van der Waals surface area contributed by atoms with Gasteiger partial charge >= 0.3 is 5.97 Å². The smallest absolute Gasteiger partial charge is 0.316 e. The lowest BCUT2D eigenvalue weighted by molar-refractivity contribution is -0.137. The van der Waals surface area contributed by atoms with Crippen molar-refractivity contribution in [2.75, 3.05) is 24.7 Å². The van der Waals surface area contributed by atoms with Crippen molar-refractivity contribution in [3.05, 3.63) is 36.4 Å². The summed E-state index contributed by atoms with van der Waals surface area (Å²) in [5.74, 6) is 1.35. The van der Waals surface area contributed by atoms with Crippen LogP contribution in [0, 0.1) is 0 Å². The Morgan fingerprint density at radius 1 is 1.29 bits per heavy atom. The standard InChI is InChI=1S/C15H17N3O2S/c1-3-16-12-9-13(21-10-14(19)20-2)18-15(17-12)11-7-5-4-6-8-11/h4-9H,3,10H2,1-2H3,(H,16,17,18). The maximum Gasteiger partial charge on any atom is 0.316 e. The van der Waals surface area contributed by atoms with Crippen molar-refractivity contribution < 1.29 is 9.53 Å². The summed E-state index contributed by atoms with van der Waals surface area (Å²) in [4.78, 5) is 20.2. The largest absolute Gasteiger partial charge is 0.468 e. The number of carbonyl (C=O) groups excluding carboxylic acids is 1. The Hall–Kier alpha value is -2.08. The average molecular weight is 303 g/mol. The number of esters is 1. The molecule has 5 nitrogen and oxygen atoms in total. The first-order valence-corrected chi connectivity index (χ1v) is 7.59. The van der Waals surface area contributed by atoms with Gasteiger partial charge in [0.1, 0.15) is 10.8 Å². The predicted molar refractivity (Wildman–Crippen MR) is 84.4 cm³/mol. The van der Waals surface area contributed by atoms with Gasteiger partial charge in [0.15, 0.2) is 5.82 Å². The number of methoxy groups -OCH3 is 1. The van der Waals surface area contributed by atoms with Gasteiger partial charge in [0.2, 0.25) is 0 Å². The van der Waals surface area contributed by atoms with Crippen molar-refractivity contribution in [1.82, 2.24) is 9.97 Å². The minimum atomic E-state index is -0.273. The Morgan fingerprint density at radius 3 is 2.71 bits per heavy atom. The molecule has 0 radical (unpaired) electrons. The molecule has 1 aromatic carbocycles. The van der Waals surface area contributed by atoms with E-state index in [0.717, 1.165) is 23.0 Å². The zero-order chi connectivity index (χ0) is 15.1. The van der Waals surface area contributed by atoms with Crippen LogP contribution in [-0.4, -0.2) is 35.3 Å². The number of nitrogens with one attached hydrogen (secondary N) is 1. The fraction of sp³-hybridized carbons (Fsp3) is 0.267. The SMILES string of the molecule is CCNc1cc(SCC(=O)OC)nc(-c2ccccc2)n1. The van der Waals surface area contributed by atoms with Crippen molar-refractivity contribution in [2.45, 2.75) is 11.9 Å². The lowest BCUT2D eigenvalue weighted by Gasteiger charge is -2.08. The normalized spacial score (nSPS) is 10.2. The highest BCUT2D eigenvalue weighted by Gasteiger charge is 2.09. The van der Waals surface area contributed by atoms with Gasteiger partial charge in [-0.15, -0.1) is 0 Å². The molecule has 0 fully saturated rings. The third kappa shape index (κ3) is 4.46. The van der Waals surface area contributed by atoms with Crippen LogP contribution in [0.4, 0.5) is 5.82 Å². The summed E-state index contributed by atoms with van der Waals surface area (Å²) in [7, 11) is 1.38. The zero-order valence-corrected chi connectivity index (χ0v) is 12.8. The van der Waals surface area contributed by atoms with E-state index in [4.69, 9.17) is 0 Å². The molecule has 1 heterocycles. The molecular formula is C15H17N3O2S. The van der Waals surface area contributed by atoms with Crippen molar-refractivity contribution in [3.8, 4) is 11.4 Å². The van der Waals surface area contributed by atoms with E-state index in [1.165, 1.54) is 18.9 Å².